The standard InChI is InChI=1S/C18H19N3O2S2/c1-24-10-9-13-3-5-14(6-4-13)21-18-16-11-15(25(2,22)23)7-8-17(16)19-12-20-18/h3-8,11-12H,9-10H2,1-2H3,(H,19,20,21). The van der Waals surface area contributed by atoms with Crippen molar-refractivity contribution in [1.82, 2.24) is 9.97 Å². The average Bonchev–Trinajstić information content (AvgIpc) is 2.60. The molecule has 1 heterocycles. The summed E-state index contributed by atoms with van der Waals surface area (Å²) in [6.45, 7) is 0. The fraction of sp³-hybridized carbons (Fsp3) is 0.222. The molecule has 0 amide bonds. The van der Waals surface area contributed by atoms with Gasteiger partial charge in [-0.05, 0) is 54.3 Å². The Morgan fingerprint density at radius 1 is 1.08 bits per heavy atom. The number of thioether (sulfide) groups is 1. The molecule has 5 nitrogen and oxygen atoms in total. The first-order valence-corrected chi connectivity index (χ1v) is 11.1. The van der Waals surface area contributed by atoms with Crippen molar-refractivity contribution in [1.29, 1.82) is 0 Å². The minimum atomic E-state index is -3.28. The van der Waals surface area contributed by atoms with Gasteiger partial charge in [-0.1, -0.05) is 12.1 Å². The number of aromatic nitrogens is 2. The highest BCUT2D eigenvalue weighted by Crippen LogP contribution is 2.25. The van der Waals surface area contributed by atoms with E-state index in [1.54, 1.807) is 18.2 Å². The quantitative estimate of drug-likeness (QED) is 0.711. The lowest BCUT2D eigenvalue weighted by Crippen LogP contribution is -2.00. The highest BCUT2D eigenvalue weighted by atomic mass is 32.2. The van der Waals surface area contributed by atoms with E-state index in [2.05, 4.69) is 33.7 Å². The summed E-state index contributed by atoms with van der Waals surface area (Å²) in [6.07, 6.45) is 5.80. The van der Waals surface area contributed by atoms with Gasteiger partial charge in [0.15, 0.2) is 9.84 Å². The number of benzene rings is 2. The first-order chi connectivity index (χ1) is 12.0. The number of hydrogen-bond acceptors (Lipinski definition) is 6. The molecule has 3 rings (SSSR count). The van der Waals surface area contributed by atoms with Crippen LogP contribution in [0, 0.1) is 0 Å². The number of anilines is 2. The SMILES string of the molecule is CSCCc1ccc(Nc2ncnc3ccc(S(C)(=O)=O)cc23)cc1. The van der Waals surface area contributed by atoms with Gasteiger partial charge in [-0.15, -0.1) is 0 Å². The van der Waals surface area contributed by atoms with E-state index in [-0.39, 0.29) is 4.90 Å². The molecule has 0 aliphatic heterocycles. The maximum Gasteiger partial charge on any atom is 0.175 e. The molecule has 0 aliphatic rings. The number of fused-ring (bicyclic) bond motifs is 1. The Labute approximate surface area is 151 Å². The Bertz CT molecular complexity index is 987. The van der Waals surface area contributed by atoms with Crippen LogP contribution in [-0.2, 0) is 16.3 Å². The third kappa shape index (κ3) is 4.29. The van der Waals surface area contributed by atoms with Crippen LogP contribution in [0.2, 0.25) is 0 Å². The van der Waals surface area contributed by atoms with Crippen molar-refractivity contribution in [2.24, 2.45) is 0 Å². The zero-order chi connectivity index (χ0) is 17.9. The Hall–Kier alpha value is -2.12. The minimum Gasteiger partial charge on any atom is -0.340 e. The zero-order valence-corrected chi connectivity index (χ0v) is 15.7. The largest absolute Gasteiger partial charge is 0.340 e. The molecule has 0 radical (unpaired) electrons. The molecule has 2 aromatic carbocycles. The van der Waals surface area contributed by atoms with Gasteiger partial charge in [0.1, 0.15) is 12.1 Å². The second kappa shape index (κ2) is 7.41. The van der Waals surface area contributed by atoms with Gasteiger partial charge in [0, 0.05) is 17.3 Å². The number of sulfone groups is 1. The summed E-state index contributed by atoms with van der Waals surface area (Å²) >= 11 is 1.83. The van der Waals surface area contributed by atoms with Crippen molar-refractivity contribution in [3.63, 3.8) is 0 Å². The minimum absolute atomic E-state index is 0.255. The lowest BCUT2D eigenvalue weighted by Gasteiger charge is -2.10. The van der Waals surface area contributed by atoms with Crippen molar-refractivity contribution >= 4 is 44.0 Å². The molecule has 1 aromatic heterocycles. The fourth-order valence-electron chi connectivity index (χ4n) is 2.48. The van der Waals surface area contributed by atoms with Crippen molar-refractivity contribution in [2.45, 2.75) is 11.3 Å². The normalized spacial score (nSPS) is 11.6. The Morgan fingerprint density at radius 2 is 1.84 bits per heavy atom. The van der Waals surface area contributed by atoms with Gasteiger partial charge in [-0.25, -0.2) is 18.4 Å². The average molecular weight is 374 g/mol. The van der Waals surface area contributed by atoms with Crippen LogP contribution < -0.4 is 5.32 Å². The monoisotopic (exact) mass is 373 g/mol. The summed E-state index contributed by atoms with van der Waals surface area (Å²) in [5, 5.41) is 3.94. The molecule has 0 aliphatic carbocycles. The van der Waals surface area contributed by atoms with E-state index in [0.29, 0.717) is 16.7 Å². The van der Waals surface area contributed by atoms with Crippen LogP contribution in [0.25, 0.3) is 10.9 Å². The predicted octanol–water partition coefficient (Wildman–Crippen LogP) is 3.68. The topological polar surface area (TPSA) is 72.0 Å². The molecule has 0 saturated carbocycles. The number of rotatable bonds is 6. The Balaban J connectivity index is 1.93. The number of hydrogen-bond donors (Lipinski definition) is 1. The summed E-state index contributed by atoms with van der Waals surface area (Å²) in [5.74, 6) is 1.68. The molecule has 130 valence electrons. The molecule has 7 heteroatoms. The van der Waals surface area contributed by atoms with Gasteiger partial charge in [0.05, 0.1) is 10.4 Å². The Morgan fingerprint density at radius 3 is 2.52 bits per heavy atom. The third-order valence-electron chi connectivity index (χ3n) is 3.85. The zero-order valence-electron chi connectivity index (χ0n) is 14.1. The summed E-state index contributed by atoms with van der Waals surface area (Å²) < 4.78 is 23.6. The second-order valence-electron chi connectivity index (χ2n) is 5.74. The lowest BCUT2D eigenvalue weighted by atomic mass is 10.1. The number of nitrogens with zero attached hydrogens (tertiary/aromatic N) is 2. The summed E-state index contributed by atoms with van der Waals surface area (Å²) in [5.41, 5.74) is 2.88. The van der Waals surface area contributed by atoms with Crippen LogP contribution in [0.15, 0.2) is 53.7 Å². The Kier molecular flexibility index (Phi) is 5.24. The van der Waals surface area contributed by atoms with Gasteiger partial charge in [0.25, 0.3) is 0 Å². The van der Waals surface area contributed by atoms with E-state index >= 15 is 0 Å². The predicted molar refractivity (Wildman–Crippen MR) is 104 cm³/mol. The maximum absolute atomic E-state index is 11.8. The van der Waals surface area contributed by atoms with Gasteiger partial charge in [-0.3, -0.25) is 0 Å². The maximum atomic E-state index is 11.8. The molecule has 1 N–H and O–H groups in total. The first kappa shape index (κ1) is 17.7. The molecule has 0 spiro atoms. The van der Waals surface area contributed by atoms with Crippen LogP contribution in [0.5, 0.6) is 0 Å². The van der Waals surface area contributed by atoms with Crippen LogP contribution in [0.3, 0.4) is 0 Å². The summed E-state index contributed by atoms with van der Waals surface area (Å²) in [7, 11) is -3.28. The molecule has 0 saturated heterocycles. The fourth-order valence-corrected chi connectivity index (χ4v) is 3.56. The molecule has 0 atom stereocenters. The molecule has 3 aromatic rings. The van der Waals surface area contributed by atoms with Crippen molar-refractivity contribution in [3.05, 3.63) is 54.4 Å². The smallest absolute Gasteiger partial charge is 0.175 e. The van der Waals surface area contributed by atoms with E-state index in [4.69, 9.17) is 0 Å². The molecular weight excluding hydrogens is 354 g/mol. The number of aryl methyl sites for hydroxylation is 1. The van der Waals surface area contributed by atoms with Crippen molar-refractivity contribution < 1.29 is 8.42 Å². The summed E-state index contributed by atoms with van der Waals surface area (Å²) in [4.78, 5) is 8.74. The lowest BCUT2D eigenvalue weighted by molar-refractivity contribution is 0.602. The number of nitrogens with one attached hydrogen (secondary N) is 1. The molecular formula is C18H19N3O2S2. The highest BCUT2D eigenvalue weighted by Gasteiger charge is 2.11. The van der Waals surface area contributed by atoms with Crippen LogP contribution in [0.4, 0.5) is 11.5 Å². The van der Waals surface area contributed by atoms with E-state index < -0.39 is 9.84 Å². The molecule has 25 heavy (non-hydrogen) atoms. The van der Waals surface area contributed by atoms with E-state index in [0.717, 1.165) is 17.9 Å². The van der Waals surface area contributed by atoms with Crippen LogP contribution in [0.1, 0.15) is 5.56 Å². The van der Waals surface area contributed by atoms with Crippen LogP contribution in [-0.4, -0.2) is 36.7 Å². The van der Waals surface area contributed by atoms with Crippen molar-refractivity contribution in [2.75, 3.05) is 23.6 Å². The van der Waals surface area contributed by atoms with Gasteiger partial charge in [0.2, 0.25) is 0 Å². The van der Waals surface area contributed by atoms with Crippen LogP contribution >= 0.6 is 11.8 Å². The summed E-state index contributed by atoms with van der Waals surface area (Å²) in [6, 6.07) is 13.1. The molecule has 0 bridgehead atoms. The first-order valence-electron chi connectivity index (χ1n) is 7.77. The van der Waals surface area contributed by atoms with Crippen molar-refractivity contribution in [3.8, 4) is 0 Å². The second-order valence-corrected chi connectivity index (χ2v) is 8.74. The highest BCUT2D eigenvalue weighted by molar-refractivity contribution is 7.98. The molecule has 0 unspecified atom stereocenters. The van der Waals surface area contributed by atoms with Gasteiger partial charge < -0.3 is 5.32 Å². The molecule has 0 fully saturated rings. The van der Waals surface area contributed by atoms with E-state index in [1.165, 1.54) is 18.1 Å². The van der Waals surface area contributed by atoms with Gasteiger partial charge in [-0.2, -0.15) is 11.8 Å². The van der Waals surface area contributed by atoms with E-state index in [1.807, 2.05) is 23.9 Å². The van der Waals surface area contributed by atoms with E-state index in [9.17, 15) is 8.42 Å². The van der Waals surface area contributed by atoms with Gasteiger partial charge >= 0.3 is 0 Å². The third-order valence-corrected chi connectivity index (χ3v) is 5.57.